The molecular formula is C13H22N2O. The van der Waals surface area contributed by atoms with Gasteiger partial charge in [0.05, 0.1) is 12.7 Å². The standard InChI is InChI=1S/C13H22N2O/c1-4-8-14-13-12(7-6-9-15-13)10-16-11(3)5-2/h6-7,9,11H,4-5,8,10H2,1-3H3,(H,14,15). The summed E-state index contributed by atoms with van der Waals surface area (Å²) in [4.78, 5) is 4.33. The Morgan fingerprint density at radius 3 is 2.94 bits per heavy atom. The first-order valence-electron chi connectivity index (χ1n) is 6.07. The zero-order valence-electron chi connectivity index (χ0n) is 10.5. The van der Waals surface area contributed by atoms with Gasteiger partial charge in [0.25, 0.3) is 0 Å². The monoisotopic (exact) mass is 222 g/mol. The molecule has 1 aromatic heterocycles. The highest BCUT2D eigenvalue weighted by Crippen LogP contribution is 2.14. The van der Waals surface area contributed by atoms with E-state index >= 15 is 0 Å². The number of aromatic nitrogens is 1. The van der Waals surface area contributed by atoms with Gasteiger partial charge in [-0.1, -0.05) is 19.9 Å². The molecule has 1 heterocycles. The van der Waals surface area contributed by atoms with Crippen molar-refractivity contribution in [2.24, 2.45) is 0 Å². The molecule has 16 heavy (non-hydrogen) atoms. The van der Waals surface area contributed by atoms with Crippen molar-refractivity contribution < 1.29 is 4.74 Å². The third-order valence-corrected chi connectivity index (χ3v) is 2.53. The highest BCUT2D eigenvalue weighted by atomic mass is 16.5. The summed E-state index contributed by atoms with van der Waals surface area (Å²) in [7, 11) is 0. The average Bonchev–Trinajstić information content (AvgIpc) is 2.34. The van der Waals surface area contributed by atoms with E-state index in [2.05, 4.69) is 37.1 Å². The van der Waals surface area contributed by atoms with Gasteiger partial charge in [0.15, 0.2) is 0 Å². The molecule has 0 fully saturated rings. The molecule has 1 N–H and O–H groups in total. The smallest absolute Gasteiger partial charge is 0.131 e. The molecule has 0 saturated heterocycles. The summed E-state index contributed by atoms with van der Waals surface area (Å²) in [5.41, 5.74) is 1.14. The van der Waals surface area contributed by atoms with Crippen LogP contribution in [0.25, 0.3) is 0 Å². The molecule has 0 aliphatic heterocycles. The number of anilines is 1. The van der Waals surface area contributed by atoms with E-state index in [4.69, 9.17) is 4.74 Å². The van der Waals surface area contributed by atoms with Crippen LogP contribution in [-0.4, -0.2) is 17.6 Å². The molecule has 0 bridgehead atoms. The van der Waals surface area contributed by atoms with E-state index in [0.29, 0.717) is 12.7 Å². The SMILES string of the molecule is CCCNc1ncccc1COC(C)CC. The van der Waals surface area contributed by atoms with Crippen molar-refractivity contribution in [3.8, 4) is 0 Å². The normalized spacial score (nSPS) is 12.4. The molecule has 1 rings (SSSR count). The summed E-state index contributed by atoms with van der Waals surface area (Å²) < 4.78 is 5.72. The second kappa shape index (κ2) is 7.23. The van der Waals surface area contributed by atoms with Crippen LogP contribution in [0.15, 0.2) is 18.3 Å². The summed E-state index contributed by atoms with van der Waals surface area (Å²) in [6.07, 6.45) is 4.25. The highest BCUT2D eigenvalue weighted by molar-refractivity contribution is 5.43. The van der Waals surface area contributed by atoms with E-state index in [-0.39, 0.29) is 0 Å². The van der Waals surface area contributed by atoms with Crippen LogP contribution >= 0.6 is 0 Å². The molecule has 0 saturated carbocycles. The molecule has 0 amide bonds. The van der Waals surface area contributed by atoms with Crippen LogP contribution in [0, 0.1) is 0 Å². The van der Waals surface area contributed by atoms with Crippen LogP contribution in [0.5, 0.6) is 0 Å². The fourth-order valence-corrected chi connectivity index (χ4v) is 1.31. The first-order valence-corrected chi connectivity index (χ1v) is 6.07. The lowest BCUT2D eigenvalue weighted by Crippen LogP contribution is -2.10. The van der Waals surface area contributed by atoms with Gasteiger partial charge in [-0.25, -0.2) is 4.98 Å². The maximum atomic E-state index is 5.72. The first kappa shape index (κ1) is 13.0. The molecule has 1 atom stereocenters. The Balaban J connectivity index is 2.56. The van der Waals surface area contributed by atoms with Gasteiger partial charge in [-0.2, -0.15) is 0 Å². The van der Waals surface area contributed by atoms with E-state index in [1.54, 1.807) is 0 Å². The van der Waals surface area contributed by atoms with Crippen molar-refractivity contribution >= 4 is 5.82 Å². The van der Waals surface area contributed by atoms with Crippen molar-refractivity contribution in [3.63, 3.8) is 0 Å². The lowest BCUT2D eigenvalue weighted by atomic mass is 10.2. The molecule has 0 spiro atoms. The number of ether oxygens (including phenoxy) is 1. The fourth-order valence-electron chi connectivity index (χ4n) is 1.31. The van der Waals surface area contributed by atoms with E-state index in [9.17, 15) is 0 Å². The zero-order valence-corrected chi connectivity index (χ0v) is 10.5. The Kier molecular flexibility index (Phi) is 5.86. The number of pyridine rings is 1. The molecule has 3 heteroatoms. The van der Waals surface area contributed by atoms with Gasteiger partial charge in [0.1, 0.15) is 5.82 Å². The van der Waals surface area contributed by atoms with Gasteiger partial charge in [-0.3, -0.25) is 0 Å². The second-order valence-corrected chi connectivity index (χ2v) is 3.97. The second-order valence-electron chi connectivity index (χ2n) is 3.97. The van der Waals surface area contributed by atoms with Crippen molar-refractivity contribution in [1.82, 2.24) is 4.98 Å². The van der Waals surface area contributed by atoms with E-state index < -0.39 is 0 Å². The van der Waals surface area contributed by atoms with Crippen LogP contribution in [0.2, 0.25) is 0 Å². The average molecular weight is 222 g/mol. The van der Waals surface area contributed by atoms with E-state index in [1.165, 1.54) is 0 Å². The van der Waals surface area contributed by atoms with Gasteiger partial charge >= 0.3 is 0 Å². The lowest BCUT2D eigenvalue weighted by Gasteiger charge is -2.13. The quantitative estimate of drug-likeness (QED) is 0.769. The molecule has 1 aromatic rings. The Morgan fingerprint density at radius 1 is 1.44 bits per heavy atom. The summed E-state index contributed by atoms with van der Waals surface area (Å²) in [6, 6.07) is 4.01. The maximum Gasteiger partial charge on any atom is 0.131 e. The van der Waals surface area contributed by atoms with Crippen LogP contribution in [0.4, 0.5) is 5.82 Å². The number of hydrogen-bond acceptors (Lipinski definition) is 3. The molecule has 0 radical (unpaired) electrons. The van der Waals surface area contributed by atoms with Crippen molar-refractivity contribution in [1.29, 1.82) is 0 Å². The Labute approximate surface area is 98.2 Å². The summed E-state index contributed by atoms with van der Waals surface area (Å²) in [5, 5.41) is 3.31. The number of nitrogens with zero attached hydrogens (tertiary/aromatic N) is 1. The molecule has 90 valence electrons. The number of nitrogens with one attached hydrogen (secondary N) is 1. The van der Waals surface area contributed by atoms with E-state index in [1.807, 2.05) is 12.3 Å². The summed E-state index contributed by atoms with van der Waals surface area (Å²) in [5.74, 6) is 0.952. The largest absolute Gasteiger partial charge is 0.374 e. The third kappa shape index (κ3) is 4.19. The molecule has 3 nitrogen and oxygen atoms in total. The van der Waals surface area contributed by atoms with E-state index in [0.717, 1.165) is 30.8 Å². The zero-order chi connectivity index (χ0) is 11.8. The number of hydrogen-bond donors (Lipinski definition) is 1. The molecule has 1 unspecified atom stereocenters. The van der Waals surface area contributed by atoms with Crippen LogP contribution < -0.4 is 5.32 Å². The van der Waals surface area contributed by atoms with Gasteiger partial charge < -0.3 is 10.1 Å². The summed E-state index contributed by atoms with van der Waals surface area (Å²) >= 11 is 0. The highest BCUT2D eigenvalue weighted by Gasteiger charge is 2.04. The van der Waals surface area contributed by atoms with Crippen molar-refractivity contribution in [3.05, 3.63) is 23.9 Å². The molecule has 0 aliphatic carbocycles. The minimum absolute atomic E-state index is 0.305. The first-order chi connectivity index (χ1) is 7.77. The van der Waals surface area contributed by atoms with Crippen LogP contribution in [0.3, 0.4) is 0 Å². The van der Waals surface area contributed by atoms with Crippen LogP contribution in [0.1, 0.15) is 39.2 Å². The van der Waals surface area contributed by atoms with Gasteiger partial charge in [-0.05, 0) is 25.8 Å². The maximum absolute atomic E-state index is 5.72. The topological polar surface area (TPSA) is 34.2 Å². The minimum atomic E-state index is 0.305. The van der Waals surface area contributed by atoms with Crippen LogP contribution in [-0.2, 0) is 11.3 Å². The molecular weight excluding hydrogens is 200 g/mol. The number of rotatable bonds is 7. The van der Waals surface area contributed by atoms with Gasteiger partial charge in [-0.15, -0.1) is 0 Å². The Hall–Kier alpha value is -1.09. The van der Waals surface area contributed by atoms with Gasteiger partial charge in [0, 0.05) is 18.3 Å². The van der Waals surface area contributed by atoms with Gasteiger partial charge in [0.2, 0.25) is 0 Å². The Bertz CT molecular complexity index is 302. The third-order valence-electron chi connectivity index (χ3n) is 2.53. The van der Waals surface area contributed by atoms with Crippen molar-refractivity contribution in [2.75, 3.05) is 11.9 Å². The lowest BCUT2D eigenvalue weighted by molar-refractivity contribution is 0.0510. The minimum Gasteiger partial charge on any atom is -0.374 e. The summed E-state index contributed by atoms with van der Waals surface area (Å²) in [6.45, 7) is 7.95. The molecule has 0 aliphatic rings. The fraction of sp³-hybridized carbons (Fsp3) is 0.615. The predicted octanol–water partition coefficient (Wildman–Crippen LogP) is 3.22. The molecule has 0 aromatic carbocycles. The predicted molar refractivity (Wildman–Crippen MR) is 67.6 cm³/mol. The Morgan fingerprint density at radius 2 is 2.25 bits per heavy atom. The van der Waals surface area contributed by atoms with Crippen molar-refractivity contribution in [2.45, 2.75) is 46.3 Å².